The van der Waals surface area contributed by atoms with Crippen molar-refractivity contribution in [1.29, 1.82) is 0 Å². The molecule has 2 amide bonds. The van der Waals surface area contributed by atoms with Crippen molar-refractivity contribution in [1.82, 2.24) is 15.1 Å². The number of piperazine rings is 1. The lowest BCUT2D eigenvalue weighted by atomic mass is 10.0. The Labute approximate surface area is 344 Å². The Balaban J connectivity index is 1.80. The van der Waals surface area contributed by atoms with Crippen molar-refractivity contribution in [2.45, 2.75) is 135 Å². The van der Waals surface area contributed by atoms with E-state index in [1.807, 2.05) is 11.8 Å². The predicted octanol–water partition coefficient (Wildman–Crippen LogP) is 5.82. The Morgan fingerprint density at radius 1 is 0.474 bits per heavy atom. The number of carbonyl (C=O) groups excluding carboxylic acids is 3. The van der Waals surface area contributed by atoms with Crippen LogP contribution in [0.2, 0.25) is 0 Å². The first-order chi connectivity index (χ1) is 27.9. The van der Waals surface area contributed by atoms with Gasteiger partial charge in [-0.05, 0) is 12.8 Å². The van der Waals surface area contributed by atoms with Gasteiger partial charge in [0, 0.05) is 58.4 Å². The summed E-state index contributed by atoms with van der Waals surface area (Å²) in [7, 11) is 0. The highest BCUT2D eigenvalue weighted by Gasteiger charge is 2.22. The molecule has 1 aliphatic rings. The molecule has 1 fully saturated rings. The summed E-state index contributed by atoms with van der Waals surface area (Å²) in [4.78, 5) is 50.8. The van der Waals surface area contributed by atoms with E-state index in [0.717, 1.165) is 38.8 Å². The number of nitrogens with one attached hydrogen (secondary N) is 1. The van der Waals surface area contributed by atoms with Crippen LogP contribution in [0.25, 0.3) is 0 Å². The van der Waals surface area contributed by atoms with Crippen molar-refractivity contribution < 1.29 is 52.7 Å². The van der Waals surface area contributed by atoms with Crippen molar-refractivity contribution >= 4 is 23.6 Å². The number of amides is 2. The second kappa shape index (κ2) is 40.6. The fourth-order valence-corrected chi connectivity index (χ4v) is 6.43. The van der Waals surface area contributed by atoms with E-state index in [1.54, 1.807) is 0 Å². The molecular formula is C43H81N3O11. The van der Waals surface area contributed by atoms with Crippen LogP contribution < -0.4 is 5.32 Å². The number of ketones is 1. The number of carbonyl (C=O) groups is 4. The first kappa shape index (κ1) is 52.8. The number of rotatable bonds is 43. The van der Waals surface area contributed by atoms with Crippen molar-refractivity contribution in [2.75, 3.05) is 119 Å². The molecule has 0 aromatic rings. The van der Waals surface area contributed by atoms with Crippen LogP contribution in [0.3, 0.4) is 0 Å². The smallest absolute Gasteiger partial charge is 0.303 e. The molecule has 1 rings (SSSR count). The number of nitrogens with zero attached hydrogens (tertiary/aromatic N) is 2. The van der Waals surface area contributed by atoms with Crippen molar-refractivity contribution in [2.24, 2.45) is 0 Å². The molecule has 0 aromatic carbocycles. The number of ether oxygens (including phenoxy) is 6. The molecule has 1 heterocycles. The monoisotopic (exact) mass is 816 g/mol. The SMILES string of the molecule is CCC(=O)CCOCCOCCOCCOCCOCCOCCNC(=O)CN1CCN(C(=O)CCCCCCCCCCCCCCCCCCC(=O)O)CC1. The number of carboxylic acid groups (broad SMARTS) is 1. The average molecular weight is 816 g/mol. The second-order valence-electron chi connectivity index (χ2n) is 14.9. The van der Waals surface area contributed by atoms with Gasteiger partial charge in [-0.1, -0.05) is 96.8 Å². The zero-order valence-electron chi connectivity index (χ0n) is 35.8. The van der Waals surface area contributed by atoms with Crippen LogP contribution in [-0.4, -0.2) is 157 Å². The maximum absolute atomic E-state index is 12.7. The lowest BCUT2D eigenvalue weighted by molar-refractivity contribution is -0.137. The Kier molecular flexibility index (Phi) is 37.6. The predicted molar refractivity (Wildman–Crippen MR) is 222 cm³/mol. The van der Waals surface area contributed by atoms with Crippen molar-refractivity contribution in [3.8, 4) is 0 Å². The van der Waals surface area contributed by atoms with Gasteiger partial charge in [-0.2, -0.15) is 0 Å². The van der Waals surface area contributed by atoms with Crippen LogP contribution >= 0.6 is 0 Å². The molecule has 0 bridgehead atoms. The van der Waals surface area contributed by atoms with Gasteiger partial charge in [0.2, 0.25) is 11.8 Å². The van der Waals surface area contributed by atoms with Crippen LogP contribution in [-0.2, 0) is 47.6 Å². The number of Topliss-reactive ketones (excluding diaryl/α,β-unsaturated/α-hetero) is 1. The zero-order valence-corrected chi connectivity index (χ0v) is 35.8. The Hall–Kier alpha value is -2.20. The molecule has 1 aliphatic heterocycles. The van der Waals surface area contributed by atoms with Gasteiger partial charge in [-0.3, -0.25) is 24.1 Å². The van der Waals surface area contributed by atoms with Gasteiger partial charge < -0.3 is 43.7 Å². The fraction of sp³-hybridized carbons (Fsp3) is 0.907. The molecule has 0 saturated carbocycles. The topological polar surface area (TPSA) is 162 Å². The standard InChI is InChI=1S/C43H81N3O11/c1-2-40(47)21-27-52-29-31-54-33-35-56-37-38-57-36-34-55-32-30-53-28-22-44-41(48)39-45-23-25-46(26-24-45)42(49)19-17-15-13-11-9-7-5-3-4-6-8-10-12-14-16-18-20-43(50)51/h2-39H2,1H3,(H,44,48)(H,50,51). The molecule has 1 saturated heterocycles. The third-order valence-electron chi connectivity index (χ3n) is 9.97. The van der Waals surface area contributed by atoms with Gasteiger partial charge in [-0.15, -0.1) is 0 Å². The molecule has 0 atom stereocenters. The third kappa shape index (κ3) is 36.6. The van der Waals surface area contributed by atoms with Gasteiger partial charge >= 0.3 is 5.97 Å². The van der Waals surface area contributed by atoms with Gasteiger partial charge in [0.25, 0.3) is 0 Å². The normalized spacial score (nSPS) is 13.3. The second-order valence-corrected chi connectivity index (χ2v) is 14.9. The number of unbranched alkanes of at least 4 members (excludes halogenated alkanes) is 15. The molecule has 0 aliphatic carbocycles. The summed E-state index contributed by atoms with van der Waals surface area (Å²) in [6, 6.07) is 0. The minimum Gasteiger partial charge on any atom is -0.481 e. The maximum atomic E-state index is 12.7. The van der Waals surface area contributed by atoms with Crippen LogP contribution in [0.15, 0.2) is 0 Å². The van der Waals surface area contributed by atoms with Crippen molar-refractivity contribution in [3.63, 3.8) is 0 Å². The number of carboxylic acids is 1. The molecule has 0 unspecified atom stereocenters. The highest BCUT2D eigenvalue weighted by Crippen LogP contribution is 2.15. The highest BCUT2D eigenvalue weighted by atomic mass is 16.6. The summed E-state index contributed by atoms with van der Waals surface area (Å²) in [5.41, 5.74) is 0. The number of hydrogen-bond donors (Lipinski definition) is 2. The number of hydrogen-bond acceptors (Lipinski definition) is 11. The van der Waals surface area contributed by atoms with E-state index >= 15 is 0 Å². The molecule has 334 valence electrons. The Morgan fingerprint density at radius 3 is 1.25 bits per heavy atom. The van der Waals surface area contributed by atoms with Gasteiger partial charge in [0.05, 0.1) is 85.8 Å². The van der Waals surface area contributed by atoms with Gasteiger partial charge in [0.15, 0.2) is 0 Å². The molecule has 0 aromatic heterocycles. The first-order valence-corrected chi connectivity index (χ1v) is 22.4. The van der Waals surface area contributed by atoms with Crippen LogP contribution in [0.1, 0.15) is 135 Å². The highest BCUT2D eigenvalue weighted by molar-refractivity contribution is 5.78. The summed E-state index contributed by atoms with van der Waals surface area (Å²) in [5, 5.41) is 11.6. The van der Waals surface area contributed by atoms with E-state index in [4.69, 9.17) is 33.5 Å². The summed E-state index contributed by atoms with van der Waals surface area (Å²) in [5.74, 6) is -0.257. The molecule has 0 spiro atoms. The average Bonchev–Trinajstić information content (AvgIpc) is 3.20. The van der Waals surface area contributed by atoms with Crippen LogP contribution in [0.5, 0.6) is 0 Å². The first-order valence-electron chi connectivity index (χ1n) is 22.4. The number of aliphatic carboxylic acids is 1. The van der Waals surface area contributed by atoms with Gasteiger partial charge in [-0.25, -0.2) is 0 Å². The third-order valence-corrected chi connectivity index (χ3v) is 9.97. The van der Waals surface area contributed by atoms with Crippen LogP contribution in [0.4, 0.5) is 0 Å². The van der Waals surface area contributed by atoms with E-state index in [0.29, 0.717) is 131 Å². The van der Waals surface area contributed by atoms with Crippen LogP contribution in [0, 0.1) is 0 Å². The zero-order chi connectivity index (χ0) is 41.3. The lowest BCUT2D eigenvalue weighted by Crippen LogP contribution is -2.51. The summed E-state index contributed by atoms with van der Waals surface area (Å²) >= 11 is 0. The molecular weight excluding hydrogens is 734 g/mol. The largest absolute Gasteiger partial charge is 0.481 e. The van der Waals surface area contributed by atoms with Gasteiger partial charge in [0.1, 0.15) is 5.78 Å². The van der Waals surface area contributed by atoms with E-state index < -0.39 is 5.97 Å². The molecule has 0 radical (unpaired) electrons. The quantitative estimate of drug-likeness (QED) is 0.0711. The molecule has 57 heavy (non-hydrogen) atoms. The lowest BCUT2D eigenvalue weighted by Gasteiger charge is -2.34. The summed E-state index contributed by atoms with van der Waals surface area (Å²) in [6.07, 6.45) is 21.2. The summed E-state index contributed by atoms with van der Waals surface area (Å²) < 4.78 is 32.8. The fourth-order valence-electron chi connectivity index (χ4n) is 6.43. The minimum absolute atomic E-state index is 0.0274. The summed E-state index contributed by atoms with van der Waals surface area (Å²) in [6.45, 7) is 11.0. The van der Waals surface area contributed by atoms with E-state index in [9.17, 15) is 19.2 Å². The molecule has 14 heteroatoms. The minimum atomic E-state index is -0.680. The Bertz CT molecular complexity index is 967. The van der Waals surface area contributed by atoms with E-state index in [2.05, 4.69) is 10.2 Å². The van der Waals surface area contributed by atoms with E-state index in [-0.39, 0.29) is 17.6 Å². The maximum Gasteiger partial charge on any atom is 0.303 e. The molecule has 2 N–H and O–H groups in total. The van der Waals surface area contributed by atoms with E-state index in [1.165, 1.54) is 77.0 Å². The Morgan fingerprint density at radius 2 is 0.842 bits per heavy atom. The molecule has 14 nitrogen and oxygen atoms in total. The van der Waals surface area contributed by atoms with Crippen molar-refractivity contribution in [3.05, 3.63) is 0 Å².